The van der Waals surface area contributed by atoms with Crippen molar-refractivity contribution in [3.8, 4) is 0 Å². The summed E-state index contributed by atoms with van der Waals surface area (Å²) in [6.45, 7) is 0. The Kier molecular flexibility index (Phi) is 3.96. The van der Waals surface area contributed by atoms with E-state index in [1.165, 1.54) is 6.20 Å². The zero-order valence-electron chi connectivity index (χ0n) is 9.60. The number of aromatic nitrogens is 1. The molecule has 0 aromatic carbocycles. The first-order chi connectivity index (χ1) is 8.58. The van der Waals surface area contributed by atoms with Crippen molar-refractivity contribution in [2.75, 3.05) is 0 Å². The van der Waals surface area contributed by atoms with E-state index in [4.69, 9.17) is 5.11 Å². The number of pyridine rings is 1. The van der Waals surface area contributed by atoms with Crippen LogP contribution >= 0.6 is 15.9 Å². The first kappa shape index (κ1) is 13.0. The Bertz CT molecular complexity index is 461. The molecule has 1 fully saturated rings. The minimum atomic E-state index is -0.846. The first-order valence-electron chi connectivity index (χ1n) is 5.73. The summed E-state index contributed by atoms with van der Waals surface area (Å²) >= 11 is 3.24. The molecule has 1 aliphatic carbocycles. The van der Waals surface area contributed by atoms with Crippen molar-refractivity contribution in [3.63, 3.8) is 0 Å². The fourth-order valence-corrected chi connectivity index (χ4v) is 2.42. The van der Waals surface area contributed by atoms with Crippen LogP contribution in [0.4, 0.5) is 0 Å². The predicted molar refractivity (Wildman–Crippen MR) is 68.2 cm³/mol. The Balaban J connectivity index is 2.03. The molecular formula is C12H13BrN2O3. The Morgan fingerprint density at radius 2 is 2.17 bits per heavy atom. The largest absolute Gasteiger partial charge is 0.481 e. The van der Waals surface area contributed by atoms with Crippen LogP contribution in [0.3, 0.4) is 0 Å². The summed E-state index contributed by atoms with van der Waals surface area (Å²) in [6.07, 6.45) is 3.70. The van der Waals surface area contributed by atoms with E-state index in [1.807, 2.05) is 0 Å². The molecule has 2 N–H and O–H groups in total. The average molecular weight is 313 g/mol. The molecule has 0 bridgehead atoms. The standard InChI is InChI=1S/C12H13BrN2O3/c13-7-4-5-10(14-6-7)11(16)15-9-3-1-2-8(9)12(17)18/h4-6,8-9H,1-3H2,(H,15,16)(H,17,18)/t8-,9-/m0/s1. The number of rotatable bonds is 3. The van der Waals surface area contributed by atoms with E-state index in [-0.39, 0.29) is 11.9 Å². The van der Waals surface area contributed by atoms with Crippen LogP contribution in [0.25, 0.3) is 0 Å². The molecule has 1 saturated carbocycles. The maximum atomic E-state index is 11.9. The van der Waals surface area contributed by atoms with Gasteiger partial charge in [-0.3, -0.25) is 9.59 Å². The van der Waals surface area contributed by atoms with Crippen molar-refractivity contribution in [3.05, 3.63) is 28.5 Å². The first-order valence-corrected chi connectivity index (χ1v) is 6.52. The van der Waals surface area contributed by atoms with Gasteiger partial charge in [-0.2, -0.15) is 0 Å². The van der Waals surface area contributed by atoms with E-state index in [0.29, 0.717) is 18.5 Å². The van der Waals surface area contributed by atoms with Gasteiger partial charge in [-0.15, -0.1) is 0 Å². The zero-order valence-corrected chi connectivity index (χ0v) is 11.2. The Hall–Kier alpha value is -1.43. The van der Waals surface area contributed by atoms with Crippen LogP contribution in [0.15, 0.2) is 22.8 Å². The van der Waals surface area contributed by atoms with E-state index in [2.05, 4.69) is 26.2 Å². The SMILES string of the molecule is O=C(N[C@H]1CCC[C@@H]1C(=O)O)c1ccc(Br)cn1. The fourth-order valence-electron chi connectivity index (χ4n) is 2.18. The van der Waals surface area contributed by atoms with Crippen molar-refractivity contribution in [2.45, 2.75) is 25.3 Å². The number of halogens is 1. The van der Waals surface area contributed by atoms with Gasteiger partial charge in [0.15, 0.2) is 0 Å². The predicted octanol–water partition coefficient (Wildman–Crippen LogP) is 1.83. The van der Waals surface area contributed by atoms with E-state index < -0.39 is 11.9 Å². The number of nitrogens with one attached hydrogen (secondary N) is 1. The van der Waals surface area contributed by atoms with Crippen LogP contribution in [-0.4, -0.2) is 28.0 Å². The third-order valence-electron chi connectivity index (χ3n) is 3.11. The fraction of sp³-hybridized carbons (Fsp3) is 0.417. The van der Waals surface area contributed by atoms with Crippen LogP contribution in [0.2, 0.25) is 0 Å². The molecule has 6 heteroatoms. The van der Waals surface area contributed by atoms with Crippen LogP contribution in [-0.2, 0) is 4.79 Å². The van der Waals surface area contributed by atoms with Crippen LogP contribution in [0.5, 0.6) is 0 Å². The van der Waals surface area contributed by atoms with Gasteiger partial charge in [0.2, 0.25) is 0 Å². The van der Waals surface area contributed by atoms with Crippen molar-refractivity contribution in [1.29, 1.82) is 0 Å². The van der Waals surface area contributed by atoms with Gasteiger partial charge in [0.05, 0.1) is 5.92 Å². The molecule has 0 saturated heterocycles. The molecule has 0 spiro atoms. The second kappa shape index (κ2) is 5.48. The monoisotopic (exact) mass is 312 g/mol. The van der Waals surface area contributed by atoms with Crippen molar-refractivity contribution in [1.82, 2.24) is 10.3 Å². The lowest BCUT2D eigenvalue weighted by atomic mass is 10.0. The van der Waals surface area contributed by atoms with Crippen molar-refractivity contribution < 1.29 is 14.7 Å². The highest BCUT2D eigenvalue weighted by Crippen LogP contribution is 2.26. The number of carbonyl (C=O) groups is 2. The summed E-state index contributed by atoms with van der Waals surface area (Å²) in [5, 5.41) is 11.8. The molecule has 18 heavy (non-hydrogen) atoms. The lowest BCUT2D eigenvalue weighted by Crippen LogP contribution is -2.40. The molecule has 0 unspecified atom stereocenters. The smallest absolute Gasteiger partial charge is 0.308 e. The van der Waals surface area contributed by atoms with Gasteiger partial charge in [-0.25, -0.2) is 4.98 Å². The second-order valence-corrected chi connectivity index (χ2v) is 5.23. The zero-order chi connectivity index (χ0) is 13.1. The molecule has 1 amide bonds. The summed E-state index contributed by atoms with van der Waals surface area (Å²) in [5.41, 5.74) is 0.300. The molecule has 1 aliphatic rings. The molecule has 1 heterocycles. The van der Waals surface area contributed by atoms with Crippen molar-refractivity contribution in [2.24, 2.45) is 5.92 Å². The van der Waals surface area contributed by atoms with Gasteiger partial charge in [-0.1, -0.05) is 6.42 Å². The molecule has 0 radical (unpaired) electrons. The lowest BCUT2D eigenvalue weighted by molar-refractivity contribution is -0.142. The van der Waals surface area contributed by atoms with Crippen molar-refractivity contribution >= 4 is 27.8 Å². The molecule has 0 aliphatic heterocycles. The van der Waals surface area contributed by atoms with Gasteiger partial charge < -0.3 is 10.4 Å². The Morgan fingerprint density at radius 1 is 1.39 bits per heavy atom. The van der Waals surface area contributed by atoms with Gasteiger partial charge in [0.1, 0.15) is 5.69 Å². The van der Waals surface area contributed by atoms with Crippen LogP contribution in [0, 0.1) is 5.92 Å². The van der Waals surface area contributed by atoms with Gasteiger partial charge in [0, 0.05) is 16.7 Å². The number of carbonyl (C=O) groups excluding carboxylic acids is 1. The number of amides is 1. The Labute approximate surface area is 113 Å². The highest BCUT2D eigenvalue weighted by atomic mass is 79.9. The highest BCUT2D eigenvalue weighted by molar-refractivity contribution is 9.10. The number of aliphatic carboxylic acids is 1. The number of nitrogens with zero attached hydrogens (tertiary/aromatic N) is 1. The molecule has 2 rings (SSSR count). The Morgan fingerprint density at radius 3 is 2.78 bits per heavy atom. The normalized spacial score (nSPS) is 22.7. The molecule has 2 atom stereocenters. The van der Waals surface area contributed by atoms with E-state index in [1.54, 1.807) is 12.1 Å². The minimum absolute atomic E-state index is 0.291. The number of hydrogen-bond acceptors (Lipinski definition) is 3. The van der Waals surface area contributed by atoms with E-state index >= 15 is 0 Å². The van der Waals surface area contributed by atoms with E-state index in [9.17, 15) is 9.59 Å². The summed E-state index contributed by atoms with van der Waals surface area (Å²) in [7, 11) is 0. The quantitative estimate of drug-likeness (QED) is 0.892. The number of hydrogen-bond donors (Lipinski definition) is 2. The summed E-state index contributed by atoms with van der Waals surface area (Å²) < 4.78 is 0.795. The van der Waals surface area contributed by atoms with Gasteiger partial charge in [-0.05, 0) is 40.9 Å². The summed E-state index contributed by atoms with van der Waals surface area (Å²) in [6, 6.07) is 3.04. The molecule has 96 valence electrons. The molecular weight excluding hydrogens is 300 g/mol. The minimum Gasteiger partial charge on any atom is -0.481 e. The molecule has 5 nitrogen and oxygen atoms in total. The third-order valence-corrected chi connectivity index (χ3v) is 3.58. The average Bonchev–Trinajstić information content (AvgIpc) is 2.78. The lowest BCUT2D eigenvalue weighted by Gasteiger charge is -2.17. The second-order valence-electron chi connectivity index (χ2n) is 4.32. The van der Waals surface area contributed by atoms with Gasteiger partial charge in [0.25, 0.3) is 5.91 Å². The number of carboxylic acid groups (broad SMARTS) is 1. The molecule has 1 aromatic rings. The maximum absolute atomic E-state index is 11.9. The summed E-state index contributed by atoms with van der Waals surface area (Å²) in [4.78, 5) is 26.9. The van der Waals surface area contributed by atoms with Crippen LogP contribution in [0.1, 0.15) is 29.8 Å². The van der Waals surface area contributed by atoms with Crippen LogP contribution < -0.4 is 5.32 Å². The summed E-state index contributed by atoms with van der Waals surface area (Å²) in [5.74, 6) is -1.65. The van der Waals surface area contributed by atoms with Gasteiger partial charge >= 0.3 is 5.97 Å². The maximum Gasteiger partial charge on any atom is 0.308 e. The highest BCUT2D eigenvalue weighted by Gasteiger charge is 2.34. The molecule has 1 aromatic heterocycles. The third kappa shape index (κ3) is 2.87. The topological polar surface area (TPSA) is 79.3 Å². The van der Waals surface area contributed by atoms with E-state index in [0.717, 1.165) is 10.9 Å². The number of carboxylic acids is 1.